The van der Waals surface area contributed by atoms with E-state index in [4.69, 9.17) is 32.7 Å². The molecule has 4 aromatic rings. The van der Waals surface area contributed by atoms with Crippen LogP contribution >= 0.6 is 23.2 Å². The van der Waals surface area contributed by atoms with Gasteiger partial charge in [-0.15, -0.1) is 0 Å². The molecule has 1 amide bonds. The predicted octanol–water partition coefficient (Wildman–Crippen LogP) is 5.28. The lowest BCUT2D eigenvalue weighted by Gasteiger charge is -2.26. The summed E-state index contributed by atoms with van der Waals surface area (Å²) in [5.41, 5.74) is 3.74. The molecule has 0 spiro atoms. The number of amides is 1. The van der Waals surface area contributed by atoms with Gasteiger partial charge < -0.3 is 20.1 Å². The van der Waals surface area contributed by atoms with E-state index in [0.29, 0.717) is 54.8 Å². The van der Waals surface area contributed by atoms with Crippen molar-refractivity contribution in [3.8, 4) is 22.6 Å². The first-order valence-corrected chi connectivity index (χ1v) is 12.9. The number of anilines is 1. The van der Waals surface area contributed by atoms with Crippen LogP contribution in [0.5, 0.6) is 11.5 Å². The number of pyridine rings is 2. The van der Waals surface area contributed by atoms with Crippen LogP contribution in [0.3, 0.4) is 0 Å². The Labute approximate surface area is 230 Å². The van der Waals surface area contributed by atoms with Gasteiger partial charge in [-0.05, 0) is 29.8 Å². The summed E-state index contributed by atoms with van der Waals surface area (Å²) in [5, 5.41) is 7.68. The monoisotopic (exact) mass is 551 g/mol. The van der Waals surface area contributed by atoms with Crippen molar-refractivity contribution >= 4 is 45.7 Å². The van der Waals surface area contributed by atoms with E-state index in [9.17, 15) is 4.79 Å². The van der Waals surface area contributed by atoms with Crippen molar-refractivity contribution in [2.75, 3.05) is 45.7 Å². The molecule has 1 aliphatic heterocycles. The number of rotatable bonds is 7. The van der Waals surface area contributed by atoms with E-state index in [-0.39, 0.29) is 5.91 Å². The Kier molecular flexibility index (Phi) is 7.95. The minimum atomic E-state index is -0.294. The predicted molar refractivity (Wildman–Crippen MR) is 151 cm³/mol. The molecule has 3 heterocycles. The molecule has 38 heavy (non-hydrogen) atoms. The number of piperazine rings is 1. The third-order valence-corrected chi connectivity index (χ3v) is 7.29. The average molecular weight is 552 g/mol. The molecule has 1 fully saturated rings. The summed E-state index contributed by atoms with van der Waals surface area (Å²) >= 11 is 13.4. The van der Waals surface area contributed by atoms with Gasteiger partial charge in [0.05, 0.1) is 52.9 Å². The van der Waals surface area contributed by atoms with Crippen LogP contribution in [0.15, 0.2) is 54.9 Å². The zero-order chi connectivity index (χ0) is 26.6. The Hall–Kier alpha value is -3.43. The van der Waals surface area contributed by atoms with Crippen molar-refractivity contribution in [2.45, 2.75) is 6.54 Å². The fourth-order valence-electron chi connectivity index (χ4n) is 4.58. The van der Waals surface area contributed by atoms with Crippen LogP contribution in [0.2, 0.25) is 10.0 Å². The highest BCUT2D eigenvalue weighted by atomic mass is 35.5. The van der Waals surface area contributed by atoms with E-state index in [1.165, 1.54) is 14.2 Å². The molecule has 0 radical (unpaired) electrons. The maximum Gasteiger partial charge on any atom is 0.257 e. The molecule has 2 aromatic carbocycles. The summed E-state index contributed by atoms with van der Waals surface area (Å²) in [6.45, 7) is 4.74. The Morgan fingerprint density at radius 2 is 1.76 bits per heavy atom. The number of carbonyl (C=O) groups is 1. The zero-order valence-corrected chi connectivity index (χ0v) is 22.6. The van der Waals surface area contributed by atoms with Crippen LogP contribution in [-0.2, 0) is 6.54 Å². The largest absolute Gasteiger partial charge is 0.495 e. The maximum atomic E-state index is 13.3. The topological polar surface area (TPSA) is 88.6 Å². The average Bonchev–Trinajstić information content (AvgIpc) is 2.95. The first-order valence-electron chi connectivity index (χ1n) is 12.2. The lowest BCUT2D eigenvalue weighted by Crippen LogP contribution is -2.43. The Morgan fingerprint density at radius 3 is 2.42 bits per heavy atom. The molecule has 10 heteroatoms. The Balaban J connectivity index is 1.45. The molecule has 8 nitrogen and oxygen atoms in total. The smallest absolute Gasteiger partial charge is 0.257 e. The molecule has 0 atom stereocenters. The Morgan fingerprint density at radius 1 is 1.03 bits per heavy atom. The van der Waals surface area contributed by atoms with Gasteiger partial charge in [0.2, 0.25) is 0 Å². The lowest BCUT2D eigenvalue weighted by molar-refractivity contribution is 0.102. The van der Waals surface area contributed by atoms with Gasteiger partial charge >= 0.3 is 0 Å². The Bertz CT molecular complexity index is 1450. The molecule has 2 N–H and O–H groups in total. The SMILES string of the molecule is COc1cc(OC)c(Cl)c(-c2ccc(C(=O)Nc3ccc(CN4CCNCC4)nc3)c3ncccc23)c1Cl. The number of ether oxygens (including phenoxy) is 2. The summed E-state index contributed by atoms with van der Waals surface area (Å²) in [7, 11) is 3.05. The van der Waals surface area contributed by atoms with Crippen molar-refractivity contribution in [2.24, 2.45) is 0 Å². The van der Waals surface area contributed by atoms with E-state index < -0.39 is 0 Å². The van der Waals surface area contributed by atoms with E-state index >= 15 is 0 Å². The summed E-state index contributed by atoms with van der Waals surface area (Å²) in [5.74, 6) is 0.557. The van der Waals surface area contributed by atoms with Gasteiger partial charge in [0.1, 0.15) is 11.5 Å². The fraction of sp³-hybridized carbons (Fsp3) is 0.250. The van der Waals surface area contributed by atoms with Crippen LogP contribution in [-0.4, -0.2) is 61.2 Å². The number of carbonyl (C=O) groups excluding carboxylic acids is 1. The molecule has 0 unspecified atom stereocenters. The number of methoxy groups -OCH3 is 2. The number of benzene rings is 2. The summed E-state index contributed by atoms with van der Waals surface area (Å²) < 4.78 is 10.9. The molecule has 1 saturated heterocycles. The van der Waals surface area contributed by atoms with Crippen molar-refractivity contribution in [3.05, 3.63) is 76.2 Å². The van der Waals surface area contributed by atoms with Gasteiger partial charge in [-0.2, -0.15) is 0 Å². The maximum absolute atomic E-state index is 13.3. The molecule has 2 aromatic heterocycles. The standard InChI is InChI=1S/C28H27Cl2N5O3/c1-37-22-14-23(38-2)26(30)24(25(22)29)19-7-8-21(27-20(19)4-3-9-32-27)28(36)34-17-5-6-18(33-15-17)16-35-12-10-31-11-13-35/h3-9,14-15,31H,10-13,16H2,1-2H3,(H,34,36). The van der Waals surface area contributed by atoms with Gasteiger partial charge in [0.15, 0.2) is 0 Å². The van der Waals surface area contributed by atoms with Gasteiger partial charge in [-0.1, -0.05) is 35.3 Å². The van der Waals surface area contributed by atoms with E-state index in [1.54, 1.807) is 36.7 Å². The van der Waals surface area contributed by atoms with Crippen LogP contribution in [0, 0.1) is 0 Å². The highest BCUT2D eigenvalue weighted by molar-refractivity contribution is 6.41. The van der Waals surface area contributed by atoms with E-state index in [0.717, 1.165) is 38.4 Å². The third kappa shape index (κ3) is 5.26. The van der Waals surface area contributed by atoms with Crippen LogP contribution in [0.25, 0.3) is 22.0 Å². The summed E-state index contributed by atoms with van der Waals surface area (Å²) in [6, 6.07) is 12.6. The number of fused-ring (bicyclic) bond motifs is 1. The number of nitrogens with zero attached hydrogens (tertiary/aromatic N) is 3. The highest BCUT2D eigenvalue weighted by Gasteiger charge is 2.22. The fourth-order valence-corrected chi connectivity index (χ4v) is 5.29. The van der Waals surface area contributed by atoms with Gasteiger partial charge in [-0.25, -0.2) is 0 Å². The number of hydrogen-bond donors (Lipinski definition) is 2. The van der Waals surface area contributed by atoms with Crippen molar-refractivity contribution < 1.29 is 14.3 Å². The van der Waals surface area contributed by atoms with Crippen LogP contribution in [0.1, 0.15) is 16.1 Å². The first kappa shape index (κ1) is 26.2. The van der Waals surface area contributed by atoms with Gasteiger partial charge in [0, 0.05) is 55.9 Å². The number of nitrogens with one attached hydrogen (secondary N) is 2. The third-order valence-electron chi connectivity index (χ3n) is 6.54. The molecule has 0 saturated carbocycles. The molecule has 196 valence electrons. The minimum absolute atomic E-state index is 0.294. The zero-order valence-electron chi connectivity index (χ0n) is 21.1. The lowest BCUT2D eigenvalue weighted by atomic mass is 9.96. The molecule has 1 aliphatic rings. The summed E-state index contributed by atoms with van der Waals surface area (Å²) in [6.07, 6.45) is 3.33. The minimum Gasteiger partial charge on any atom is -0.495 e. The van der Waals surface area contributed by atoms with E-state index in [1.807, 2.05) is 18.2 Å². The van der Waals surface area contributed by atoms with Crippen LogP contribution < -0.4 is 20.1 Å². The molecular weight excluding hydrogens is 525 g/mol. The van der Waals surface area contributed by atoms with E-state index in [2.05, 4.69) is 25.5 Å². The second-order valence-corrected chi connectivity index (χ2v) is 9.62. The second kappa shape index (κ2) is 11.5. The number of hydrogen-bond acceptors (Lipinski definition) is 7. The van der Waals surface area contributed by atoms with Gasteiger partial charge in [-0.3, -0.25) is 19.7 Å². The molecule has 0 bridgehead atoms. The van der Waals surface area contributed by atoms with Crippen molar-refractivity contribution in [3.63, 3.8) is 0 Å². The second-order valence-electron chi connectivity index (χ2n) is 8.86. The van der Waals surface area contributed by atoms with Crippen molar-refractivity contribution in [1.82, 2.24) is 20.2 Å². The molecule has 0 aliphatic carbocycles. The number of halogens is 2. The normalized spacial score (nSPS) is 13.9. The molecular formula is C28H27Cl2N5O3. The van der Waals surface area contributed by atoms with Crippen LogP contribution in [0.4, 0.5) is 5.69 Å². The first-order chi connectivity index (χ1) is 18.5. The quantitative estimate of drug-likeness (QED) is 0.323. The van der Waals surface area contributed by atoms with Crippen molar-refractivity contribution in [1.29, 1.82) is 0 Å². The van der Waals surface area contributed by atoms with Gasteiger partial charge in [0.25, 0.3) is 5.91 Å². The summed E-state index contributed by atoms with van der Waals surface area (Å²) in [4.78, 5) is 24.7. The molecule has 5 rings (SSSR count). The highest BCUT2D eigenvalue weighted by Crippen LogP contribution is 2.47. The number of aromatic nitrogens is 2.